The molecule has 2 heterocycles. The number of phenols is 2. The molecule has 0 fully saturated rings. The van der Waals surface area contributed by atoms with Crippen LogP contribution < -0.4 is 9.47 Å². The van der Waals surface area contributed by atoms with Gasteiger partial charge in [0.1, 0.15) is 34.2 Å². The normalized spacial score (nSPS) is 22.8. The maximum atomic E-state index is 12.7. The Morgan fingerprint density at radius 2 is 1.81 bits per heavy atom. The van der Waals surface area contributed by atoms with Crippen LogP contribution >= 0.6 is 0 Å². The molecular formula is C20H18O6. The van der Waals surface area contributed by atoms with Crippen LogP contribution in [0.2, 0.25) is 0 Å². The summed E-state index contributed by atoms with van der Waals surface area (Å²) in [4.78, 5) is 12.7. The monoisotopic (exact) mass is 354 g/mol. The molecule has 6 nitrogen and oxygen atoms in total. The van der Waals surface area contributed by atoms with Crippen LogP contribution in [0, 0.1) is 0 Å². The zero-order chi connectivity index (χ0) is 18.6. The van der Waals surface area contributed by atoms with Crippen LogP contribution in [0.4, 0.5) is 0 Å². The molecular weight excluding hydrogens is 336 g/mol. The molecule has 134 valence electrons. The van der Waals surface area contributed by atoms with E-state index in [0.29, 0.717) is 16.9 Å². The largest absolute Gasteiger partial charge is 0.508 e. The summed E-state index contributed by atoms with van der Waals surface area (Å²) >= 11 is 0. The molecule has 6 heteroatoms. The van der Waals surface area contributed by atoms with Gasteiger partial charge in [-0.25, -0.2) is 0 Å². The Morgan fingerprint density at radius 1 is 1.12 bits per heavy atom. The molecule has 0 spiro atoms. The minimum Gasteiger partial charge on any atom is -0.508 e. The molecule has 0 aromatic heterocycles. The lowest BCUT2D eigenvalue weighted by Gasteiger charge is -2.34. The van der Waals surface area contributed by atoms with Crippen molar-refractivity contribution in [3.8, 4) is 23.0 Å². The number of aliphatic hydroxyl groups is 1. The summed E-state index contributed by atoms with van der Waals surface area (Å²) in [6.07, 6.45) is 1.20. The number of phenolic OH excluding ortho intramolecular Hbond substituents is 2. The summed E-state index contributed by atoms with van der Waals surface area (Å²) < 4.78 is 11.8. The van der Waals surface area contributed by atoms with Crippen molar-refractivity contribution in [1.29, 1.82) is 0 Å². The average molecular weight is 354 g/mol. The fourth-order valence-electron chi connectivity index (χ4n) is 3.23. The predicted octanol–water partition coefficient (Wildman–Crippen LogP) is 2.96. The van der Waals surface area contributed by atoms with Gasteiger partial charge < -0.3 is 24.8 Å². The first-order valence-corrected chi connectivity index (χ1v) is 8.23. The summed E-state index contributed by atoms with van der Waals surface area (Å²) in [6, 6.07) is 7.43. The second kappa shape index (κ2) is 5.51. The van der Waals surface area contributed by atoms with E-state index >= 15 is 0 Å². The molecule has 0 bridgehead atoms. The molecule has 2 atom stereocenters. The number of benzene rings is 2. The number of rotatable bonds is 1. The molecule has 0 unspecified atom stereocenters. The fraction of sp³-hybridized carbons (Fsp3) is 0.250. The van der Waals surface area contributed by atoms with E-state index < -0.39 is 23.6 Å². The van der Waals surface area contributed by atoms with E-state index in [0.717, 1.165) is 0 Å². The number of Topliss-reactive ketones (excluding diaryl/α,β-unsaturated/α-hetero) is 1. The van der Waals surface area contributed by atoms with Crippen molar-refractivity contribution in [2.24, 2.45) is 0 Å². The first-order chi connectivity index (χ1) is 12.3. The van der Waals surface area contributed by atoms with E-state index in [9.17, 15) is 20.1 Å². The van der Waals surface area contributed by atoms with Crippen LogP contribution in [0.3, 0.4) is 0 Å². The maximum absolute atomic E-state index is 12.7. The van der Waals surface area contributed by atoms with Gasteiger partial charge in [-0.3, -0.25) is 4.79 Å². The van der Waals surface area contributed by atoms with E-state index in [1.807, 2.05) is 19.9 Å². The molecule has 0 saturated carbocycles. The van der Waals surface area contributed by atoms with Crippen LogP contribution in [-0.2, 0) is 0 Å². The van der Waals surface area contributed by atoms with Gasteiger partial charge in [-0.1, -0.05) is 12.1 Å². The van der Waals surface area contributed by atoms with Crippen LogP contribution in [0.15, 0.2) is 36.4 Å². The molecule has 0 amide bonds. The number of hydrogen-bond acceptors (Lipinski definition) is 6. The zero-order valence-corrected chi connectivity index (χ0v) is 14.3. The highest BCUT2D eigenvalue weighted by Crippen LogP contribution is 2.48. The SMILES string of the molecule is CC1(C)C=Cc2c(cc(O)c3c2O[C@H](c2ccc(O)cc2)[C@H](O)C3=O)O1. The molecule has 4 rings (SSSR count). The van der Waals surface area contributed by atoms with Crippen LogP contribution in [-0.4, -0.2) is 32.8 Å². The number of fused-ring (bicyclic) bond motifs is 3. The molecule has 2 aromatic carbocycles. The van der Waals surface area contributed by atoms with Gasteiger partial charge in [0.05, 0.1) is 5.56 Å². The second-order valence-corrected chi connectivity index (χ2v) is 6.99. The van der Waals surface area contributed by atoms with Crippen molar-refractivity contribution in [3.63, 3.8) is 0 Å². The molecule has 0 radical (unpaired) electrons. The van der Waals surface area contributed by atoms with E-state index in [2.05, 4.69) is 0 Å². The van der Waals surface area contributed by atoms with Crippen molar-refractivity contribution in [2.45, 2.75) is 31.7 Å². The van der Waals surface area contributed by atoms with Crippen LogP contribution in [0.5, 0.6) is 23.0 Å². The predicted molar refractivity (Wildman–Crippen MR) is 93.7 cm³/mol. The highest BCUT2D eigenvalue weighted by molar-refractivity contribution is 6.07. The van der Waals surface area contributed by atoms with Gasteiger partial charge in [-0.15, -0.1) is 0 Å². The molecule has 0 saturated heterocycles. The molecule has 2 aliphatic rings. The van der Waals surface area contributed by atoms with Gasteiger partial charge in [0, 0.05) is 6.07 Å². The van der Waals surface area contributed by atoms with Gasteiger partial charge in [0.15, 0.2) is 12.2 Å². The third kappa shape index (κ3) is 2.50. The van der Waals surface area contributed by atoms with E-state index in [1.54, 1.807) is 18.2 Å². The smallest absolute Gasteiger partial charge is 0.202 e. The van der Waals surface area contributed by atoms with E-state index in [-0.39, 0.29) is 22.8 Å². The molecule has 2 aromatic rings. The lowest BCUT2D eigenvalue weighted by atomic mass is 9.90. The molecule has 3 N–H and O–H groups in total. The summed E-state index contributed by atoms with van der Waals surface area (Å²) in [5, 5.41) is 30.2. The minimum atomic E-state index is -1.47. The Bertz CT molecular complexity index is 926. The van der Waals surface area contributed by atoms with Crippen molar-refractivity contribution < 1.29 is 29.6 Å². The number of hydrogen-bond donors (Lipinski definition) is 3. The van der Waals surface area contributed by atoms with Gasteiger partial charge >= 0.3 is 0 Å². The topological polar surface area (TPSA) is 96.2 Å². The molecule has 2 aliphatic heterocycles. The number of carbonyl (C=O) groups is 1. The minimum absolute atomic E-state index is 0.0563. The average Bonchev–Trinajstić information content (AvgIpc) is 2.57. The van der Waals surface area contributed by atoms with E-state index in [4.69, 9.17) is 9.47 Å². The van der Waals surface area contributed by atoms with Crippen molar-refractivity contribution in [3.05, 3.63) is 53.1 Å². The zero-order valence-electron chi connectivity index (χ0n) is 14.3. The first kappa shape index (κ1) is 16.5. The standard InChI is InChI=1S/C20H18O6/c1-20(2)8-7-12-14(26-20)9-13(22)15-16(23)17(24)18(25-19(12)15)10-3-5-11(21)6-4-10/h3-9,17-18,21-22,24H,1-2H3/t17-,18-/m1/s1. The van der Waals surface area contributed by atoms with Gasteiger partial charge in [-0.2, -0.15) is 0 Å². The Balaban J connectivity index is 1.85. The summed E-state index contributed by atoms with van der Waals surface area (Å²) in [5.74, 6) is -0.261. The number of ketones is 1. The third-order valence-electron chi connectivity index (χ3n) is 4.55. The number of ether oxygens (including phenoxy) is 2. The maximum Gasteiger partial charge on any atom is 0.202 e. The number of carbonyl (C=O) groups excluding carboxylic acids is 1. The second-order valence-electron chi connectivity index (χ2n) is 6.99. The van der Waals surface area contributed by atoms with Crippen molar-refractivity contribution in [1.82, 2.24) is 0 Å². The Kier molecular flexibility index (Phi) is 3.49. The Morgan fingerprint density at radius 3 is 2.50 bits per heavy atom. The van der Waals surface area contributed by atoms with Gasteiger partial charge in [0.2, 0.25) is 5.78 Å². The lowest BCUT2D eigenvalue weighted by Crippen LogP contribution is -2.37. The van der Waals surface area contributed by atoms with Crippen LogP contribution in [0.25, 0.3) is 6.08 Å². The molecule has 26 heavy (non-hydrogen) atoms. The summed E-state index contributed by atoms with van der Waals surface area (Å²) in [6.45, 7) is 3.75. The van der Waals surface area contributed by atoms with Crippen LogP contribution in [0.1, 0.15) is 41.4 Å². The number of aromatic hydroxyl groups is 2. The van der Waals surface area contributed by atoms with Crippen molar-refractivity contribution >= 4 is 11.9 Å². The van der Waals surface area contributed by atoms with Crippen molar-refractivity contribution in [2.75, 3.05) is 0 Å². The highest BCUT2D eigenvalue weighted by atomic mass is 16.5. The quantitative estimate of drug-likeness (QED) is 0.729. The molecule has 0 aliphatic carbocycles. The third-order valence-corrected chi connectivity index (χ3v) is 4.55. The Labute approximate surface area is 149 Å². The summed E-state index contributed by atoms with van der Waals surface area (Å²) in [7, 11) is 0. The fourth-order valence-corrected chi connectivity index (χ4v) is 3.23. The number of aliphatic hydroxyl groups excluding tert-OH is 1. The first-order valence-electron chi connectivity index (χ1n) is 8.23. The summed E-state index contributed by atoms with van der Waals surface area (Å²) in [5.41, 5.74) is 0.468. The highest BCUT2D eigenvalue weighted by Gasteiger charge is 2.41. The lowest BCUT2D eigenvalue weighted by molar-refractivity contribution is 0.0207. The van der Waals surface area contributed by atoms with Gasteiger partial charge in [-0.05, 0) is 43.7 Å². The Hall–Kier alpha value is -2.99. The van der Waals surface area contributed by atoms with Gasteiger partial charge in [0.25, 0.3) is 0 Å². The van der Waals surface area contributed by atoms with E-state index in [1.165, 1.54) is 18.2 Å².